The van der Waals surface area contributed by atoms with Gasteiger partial charge < -0.3 is 14.4 Å². The molecule has 2 aromatic carbocycles. The van der Waals surface area contributed by atoms with Gasteiger partial charge in [0.15, 0.2) is 5.78 Å². The number of Topliss-reactive ketones (excluding diaryl/α,β-unsaturated/α-hetero) is 1. The van der Waals surface area contributed by atoms with Crippen molar-refractivity contribution >= 4 is 23.3 Å². The zero-order valence-corrected chi connectivity index (χ0v) is 17.8. The number of rotatable bonds is 4. The quantitative estimate of drug-likeness (QED) is 0.692. The minimum atomic E-state index is -0.650. The van der Waals surface area contributed by atoms with Crippen LogP contribution in [-0.2, 0) is 11.2 Å². The van der Waals surface area contributed by atoms with Crippen LogP contribution in [0.2, 0.25) is 5.02 Å². The van der Waals surface area contributed by atoms with Crippen molar-refractivity contribution in [3.63, 3.8) is 0 Å². The predicted octanol–water partition coefficient (Wildman–Crippen LogP) is 4.44. The molecule has 0 aromatic heterocycles. The van der Waals surface area contributed by atoms with Gasteiger partial charge in [-0.2, -0.15) is 0 Å². The van der Waals surface area contributed by atoms with Crippen LogP contribution >= 0.6 is 11.6 Å². The Morgan fingerprint density at radius 2 is 1.97 bits per heavy atom. The lowest BCUT2D eigenvalue weighted by Crippen LogP contribution is -2.42. The zero-order valence-electron chi connectivity index (χ0n) is 17.0. The van der Waals surface area contributed by atoms with E-state index in [1.807, 2.05) is 6.92 Å². The van der Waals surface area contributed by atoms with Crippen molar-refractivity contribution in [2.45, 2.75) is 32.3 Å². The van der Waals surface area contributed by atoms with Gasteiger partial charge in [-0.1, -0.05) is 11.6 Å². The van der Waals surface area contributed by atoms with E-state index >= 15 is 0 Å². The number of piperidine rings is 1. The smallest absolute Gasteiger partial charge is 0.256 e. The molecule has 0 radical (unpaired) electrons. The molecule has 1 amide bonds. The molecule has 0 bridgehead atoms. The van der Waals surface area contributed by atoms with E-state index in [-0.39, 0.29) is 41.4 Å². The van der Waals surface area contributed by atoms with Gasteiger partial charge in [-0.15, -0.1) is 0 Å². The van der Waals surface area contributed by atoms with Gasteiger partial charge in [-0.05, 0) is 49.9 Å². The molecule has 2 aliphatic rings. The minimum absolute atomic E-state index is 0.0436. The lowest BCUT2D eigenvalue weighted by molar-refractivity contribution is -0.121. The van der Waals surface area contributed by atoms with Crippen molar-refractivity contribution < 1.29 is 27.8 Å². The number of ketones is 1. The maximum absolute atomic E-state index is 14.5. The Morgan fingerprint density at radius 1 is 1.23 bits per heavy atom. The van der Waals surface area contributed by atoms with Crippen LogP contribution in [0.25, 0.3) is 0 Å². The second-order valence-electron chi connectivity index (χ2n) is 7.97. The highest BCUT2D eigenvalue weighted by Gasteiger charge is 2.30. The Labute approximate surface area is 183 Å². The molecule has 1 fully saturated rings. The molecule has 2 aromatic rings. The maximum Gasteiger partial charge on any atom is 0.256 e. The molecule has 4 rings (SSSR count). The highest BCUT2D eigenvalue weighted by atomic mass is 35.5. The molecule has 2 heterocycles. The third-order valence-electron chi connectivity index (χ3n) is 5.85. The fraction of sp³-hybridized carbons (Fsp3) is 0.391. The summed E-state index contributed by atoms with van der Waals surface area (Å²) in [7, 11) is 0. The first kappa shape index (κ1) is 21.6. The number of likely N-dealkylation sites (tertiary alicyclic amines) is 1. The first-order valence-electron chi connectivity index (χ1n) is 10.2. The fourth-order valence-corrected chi connectivity index (χ4v) is 4.28. The van der Waals surface area contributed by atoms with Gasteiger partial charge in [-0.3, -0.25) is 9.59 Å². The monoisotopic (exact) mass is 449 g/mol. The number of carbonyl (C=O) groups excluding carboxylic acids is 2. The summed E-state index contributed by atoms with van der Waals surface area (Å²) in [6.07, 6.45) is 1.32. The normalized spacial score (nSPS) is 17.7. The summed E-state index contributed by atoms with van der Waals surface area (Å²) in [5.41, 5.74) is 0.493. The Morgan fingerprint density at radius 3 is 2.68 bits per heavy atom. The summed E-state index contributed by atoms with van der Waals surface area (Å²) in [4.78, 5) is 26.1. The SMILES string of the molecule is CC(Oc1ccc(F)cc1Cl)C1CCN(C(=O)c2cc3c(cc2F)OCC(=O)C3)CC1. The second kappa shape index (κ2) is 8.83. The number of benzene rings is 2. The van der Waals surface area contributed by atoms with E-state index in [1.165, 1.54) is 30.3 Å². The maximum atomic E-state index is 14.5. The molecule has 31 heavy (non-hydrogen) atoms. The molecule has 0 saturated carbocycles. The molecule has 1 unspecified atom stereocenters. The highest BCUT2D eigenvalue weighted by Crippen LogP contribution is 2.31. The summed E-state index contributed by atoms with van der Waals surface area (Å²) in [6, 6.07) is 6.61. The largest absolute Gasteiger partial charge is 0.489 e. The Bertz CT molecular complexity index is 1020. The standard InChI is InChI=1S/C23H22ClF2NO4/c1-13(31-21-3-2-16(25)10-19(21)24)14-4-6-27(7-5-14)23(29)18-9-15-8-17(28)12-30-22(15)11-20(18)26/h2-3,9-11,13-14H,4-8,12H2,1H3. The zero-order chi connectivity index (χ0) is 22.1. The number of fused-ring (bicyclic) bond motifs is 1. The highest BCUT2D eigenvalue weighted by molar-refractivity contribution is 6.32. The number of nitrogens with zero attached hydrogens (tertiary/aromatic N) is 1. The molecule has 5 nitrogen and oxygen atoms in total. The molecule has 1 saturated heterocycles. The first-order chi connectivity index (χ1) is 14.8. The van der Waals surface area contributed by atoms with Gasteiger partial charge in [0.1, 0.15) is 29.7 Å². The van der Waals surface area contributed by atoms with Gasteiger partial charge in [0, 0.05) is 31.1 Å². The number of amides is 1. The van der Waals surface area contributed by atoms with Crippen LogP contribution in [-0.4, -0.2) is 42.4 Å². The second-order valence-corrected chi connectivity index (χ2v) is 8.38. The Hall–Kier alpha value is -2.67. The number of ether oxygens (including phenoxy) is 2. The Balaban J connectivity index is 1.39. The van der Waals surface area contributed by atoms with Crippen molar-refractivity contribution in [1.82, 2.24) is 4.90 Å². The van der Waals surface area contributed by atoms with E-state index in [2.05, 4.69) is 0 Å². The van der Waals surface area contributed by atoms with E-state index in [4.69, 9.17) is 21.1 Å². The van der Waals surface area contributed by atoms with E-state index in [1.54, 1.807) is 4.90 Å². The van der Waals surface area contributed by atoms with Crippen molar-refractivity contribution in [3.05, 3.63) is 58.1 Å². The lowest BCUT2D eigenvalue weighted by Gasteiger charge is -2.35. The molecular formula is C23H22ClF2NO4. The van der Waals surface area contributed by atoms with Crippen molar-refractivity contribution in [1.29, 1.82) is 0 Å². The van der Waals surface area contributed by atoms with Gasteiger partial charge in [0.05, 0.1) is 16.7 Å². The third-order valence-corrected chi connectivity index (χ3v) is 6.15. The number of halogens is 3. The summed E-state index contributed by atoms with van der Waals surface area (Å²) < 4.78 is 38.9. The van der Waals surface area contributed by atoms with Crippen molar-refractivity contribution in [2.75, 3.05) is 19.7 Å². The van der Waals surface area contributed by atoms with E-state index in [0.29, 0.717) is 43.0 Å². The number of hydrogen-bond acceptors (Lipinski definition) is 4. The molecule has 164 valence electrons. The summed E-state index contributed by atoms with van der Waals surface area (Å²) in [5.74, 6) is -0.671. The van der Waals surface area contributed by atoms with Crippen LogP contribution in [0.15, 0.2) is 30.3 Å². The molecule has 8 heteroatoms. The molecule has 1 atom stereocenters. The van der Waals surface area contributed by atoms with Crippen molar-refractivity contribution in [2.24, 2.45) is 5.92 Å². The minimum Gasteiger partial charge on any atom is -0.489 e. The van der Waals surface area contributed by atoms with Crippen LogP contribution in [0.1, 0.15) is 35.7 Å². The van der Waals surface area contributed by atoms with E-state index in [9.17, 15) is 18.4 Å². The summed E-state index contributed by atoms with van der Waals surface area (Å²) in [5, 5.41) is 0.213. The molecule has 0 aliphatic carbocycles. The van der Waals surface area contributed by atoms with Gasteiger partial charge >= 0.3 is 0 Å². The van der Waals surface area contributed by atoms with Crippen molar-refractivity contribution in [3.8, 4) is 11.5 Å². The van der Waals surface area contributed by atoms with Crippen LogP contribution in [0.5, 0.6) is 11.5 Å². The number of carbonyl (C=O) groups is 2. The predicted molar refractivity (Wildman–Crippen MR) is 111 cm³/mol. The molecule has 2 aliphatic heterocycles. The molecule has 0 spiro atoms. The topological polar surface area (TPSA) is 55.8 Å². The first-order valence-corrected chi connectivity index (χ1v) is 10.6. The van der Waals surface area contributed by atoms with E-state index < -0.39 is 17.5 Å². The van der Waals surface area contributed by atoms with Crippen LogP contribution in [0.4, 0.5) is 8.78 Å². The number of hydrogen-bond donors (Lipinski definition) is 0. The van der Waals surface area contributed by atoms with E-state index in [0.717, 1.165) is 0 Å². The van der Waals surface area contributed by atoms with Gasteiger partial charge in [-0.25, -0.2) is 8.78 Å². The van der Waals surface area contributed by atoms with Crippen LogP contribution in [0, 0.1) is 17.6 Å². The van der Waals surface area contributed by atoms with Gasteiger partial charge in [0.2, 0.25) is 0 Å². The lowest BCUT2D eigenvalue weighted by atomic mass is 9.91. The van der Waals surface area contributed by atoms with Crippen LogP contribution < -0.4 is 9.47 Å². The average molecular weight is 450 g/mol. The van der Waals surface area contributed by atoms with Crippen LogP contribution in [0.3, 0.4) is 0 Å². The molecular weight excluding hydrogens is 428 g/mol. The molecule has 0 N–H and O–H groups in total. The fourth-order valence-electron chi connectivity index (χ4n) is 4.07. The van der Waals surface area contributed by atoms with Gasteiger partial charge in [0.25, 0.3) is 5.91 Å². The Kier molecular flexibility index (Phi) is 6.14. The summed E-state index contributed by atoms with van der Waals surface area (Å²) in [6.45, 7) is 2.76. The summed E-state index contributed by atoms with van der Waals surface area (Å²) >= 11 is 6.04. The third kappa shape index (κ3) is 4.66. The average Bonchev–Trinajstić information content (AvgIpc) is 2.75.